The van der Waals surface area contributed by atoms with Crippen LogP contribution >= 0.6 is 11.3 Å². The van der Waals surface area contributed by atoms with E-state index in [1.807, 2.05) is 84.3 Å². The third kappa shape index (κ3) is 7.03. The maximum atomic E-state index is 14.0. The largest absolute Gasteiger partial charge is 0.360 e. The van der Waals surface area contributed by atoms with Crippen molar-refractivity contribution in [2.45, 2.75) is 86.6 Å². The first-order valence-corrected chi connectivity index (χ1v) is 15.4. The Hall–Kier alpha value is -3.13. The highest BCUT2D eigenvalue weighted by atomic mass is 32.1. The van der Waals surface area contributed by atoms with Crippen molar-refractivity contribution in [2.75, 3.05) is 0 Å². The molecule has 2 aromatic heterocycles. The fourth-order valence-corrected chi connectivity index (χ4v) is 6.73. The first-order chi connectivity index (χ1) is 19.3. The van der Waals surface area contributed by atoms with Gasteiger partial charge in [0.1, 0.15) is 17.3 Å². The highest BCUT2D eigenvalue weighted by Gasteiger charge is 2.45. The number of aromatic nitrogens is 2. The second-order valence-corrected chi connectivity index (χ2v) is 14.0. The van der Waals surface area contributed by atoms with Crippen molar-refractivity contribution in [1.82, 2.24) is 15.5 Å². The Balaban J connectivity index is 1.59. The average molecular weight is 578 g/mol. The van der Waals surface area contributed by atoms with Crippen LogP contribution in [0.5, 0.6) is 0 Å². The molecule has 8 heteroatoms. The van der Waals surface area contributed by atoms with Gasteiger partial charge in [0.05, 0.1) is 33.7 Å². The number of hydrogen-bond donors (Lipinski definition) is 1. The first kappa shape index (κ1) is 30.8. The minimum atomic E-state index is -0.539. The molecule has 0 radical (unpaired) electrons. The van der Waals surface area contributed by atoms with E-state index in [2.05, 4.69) is 22.4 Å². The summed E-state index contributed by atoms with van der Waals surface area (Å²) in [4.78, 5) is 46.5. The molecule has 5 atom stereocenters. The summed E-state index contributed by atoms with van der Waals surface area (Å²) in [5.74, 6) is -0.599. The van der Waals surface area contributed by atoms with Crippen LogP contribution in [0.2, 0.25) is 0 Å². The first-order valence-electron chi connectivity index (χ1n) is 14.6. The number of carbonyl (C=O) groups is 3. The van der Waals surface area contributed by atoms with E-state index in [4.69, 9.17) is 4.52 Å². The van der Waals surface area contributed by atoms with E-state index in [0.29, 0.717) is 18.6 Å². The average Bonchev–Trinajstić information content (AvgIpc) is 3.62. The number of nitrogens with zero attached hydrogens (tertiary/aromatic N) is 2. The topological polar surface area (TPSA) is 102 Å². The van der Waals surface area contributed by atoms with E-state index in [9.17, 15) is 14.4 Å². The summed E-state index contributed by atoms with van der Waals surface area (Å²) in [5, 5.41) is 7.21. The number of nitrogens with one attached hydrogen (secondary N) is 1. The van der Waals surface area contributed by atoms with Gasteiger partial charge in [0.25, 0.3) is 0 Å². The summed E-state index contributed by atoms with van der Waals surface area (Å²) in [7, 11) is 0. The molecule has 2 heterocycles. The molecule has 41 heavy (non-hydrogen) atoms. The molecule has 0 bridgehead atoms. The Morgan fingerprint density at radius 1 is 1.07 bits per heavy atom. The van der Waals surface area contributed by atoms with Gasteiger partial charge in [0.15, 0.2) is 0 Å². The van der Waals surface area contributed by atoms with Crippen LogP contribution < -0.4 is 5.32 Å². The molecule has 220 valence electrons. The summed E-state index contributed by atoms with van der Waals surface area (Å²) < 4.78 is 5.52. The van der Waals surface area contributed by atoms with Crippen LogP contribution in [0.3, 0.4) is 0 Å². The van der Waals surface area contributed by atoms with Crippen molar-refractivity contribution < 1.29 is 18.9 Å². The third-order valence-corrected chi connectivity index (χ3v) is 9.27. The minimum Gasteiger partial charge on any atom is -0.360 e. The minimum absolute atomic E-state index is 0.00678. The zero-order valence-corrected chi connectivity index (χ0v) is 26.3. The van der Waals surface area contributed by atoms with E-state index < -0.39 is 29.2 Å². The van der Waals surface area contributed by atoms with Gasteiger partial charge in [0.2, 0.25) is 5.91 Å². The summed E-state index contributed by atoms with van der Waals surface area (Å²) >= 11 is 1.59. The molecule has 1 unspecified atom stereocenters. The van der Waals surface area contributed by atoms with Crippen LogP contribution in [-0.2, 0) is 14.4 Å². The van der Waals surface area contributed by atoms with Gasteiger partial charge in [-0.15, -0.1) is 11.3 Å². The van der Waals surface area contributed by atoms with Gasteiger partial charge in [-0.25, -0.2) is 4.98 Å². The van der Waals surface area contributed by atoms with Gasteiger partial charge in [-0.2, -0.15) is 0 Å². The van der Waals surface area contributed by atoms with Gasteiger partial charge < -0.3 is 9.84 Å². The molecule has 0 spiro atoms. The molecule has 1 saturated carbocycles. The van der Waals surface area contributed by atoms with E-state index in [1.165, 1.54) is 0 Å². The number of carbonyl (C=O) groups excluding carboxylic acids is 3. The highest BCUT2D eigenvalue weighted by molar-refractivity contribution is 7.13. The lowest BCUT2D eigenvalue weighted by Crippen LogP contribution is -2.40. The second kappa shape index (κ2) is 12.4. The van der Waals surface area contributed by atoms with E-state index in [-0.39, 0.29) is 35.7 Å². The van der Waals surface area contributed by atoms with E-state index in [1.54, 1.807) is 11.3 Å². The molecule has 0 aliphatic heterocycles. The summed E-state index contributed by atoms with van der Waals surface area (Å²) in [6.07, 6.45) is 1.47. The van der Waals surface area contributed by atoms with E-state index >= 15 is 0 Å². The van der Waals surface area contributed by atoms with Gasteiger partial charge in [0, 0.05) is 29.7 Å². The number of Topliss-reactive ketones (excluding diaryl/α,β-unsaturated/α-hetero) is 2. The molecule has 1 aliphatic carbocycles. The number of hydrogen-bond acceptors (Lipinski definition) is 7. The molecule has 3 aromatic rings. The lowest BCUT2D eigenvalue weighted by atomic mass is 9.78. The van der Waals surface area contributed by atoms with E-state index in [0.717, 1.165) is 27.4 Å². The number of aryl methyl sites for hydroxylation is 2. The molecule has 4 rings (SSSR count). The predicted molar refractivity (Wildman–Crippen MR) is 161 cm³/mol. The Bertz CT molecular complexity index is 1380. The van der Waals surface area contributed by atoms with Crippen LogP contribution in [0.4, 0.5) is 0 Å². The summed E-state index contributed by atoms with van der Waals surface area (Å²) in [6.45, 7) is 15.6. The predicted octanol–water partition coefficient (Wildman–Crippen LogP) is 7.25. The molecule has 1 amide bonds. The molecule has 1 aromatic carbocycles. The molecule has 7 nitrogen and oxygen atoms in total. The standard InChI is InChI=1S/C33H43N3O4S/c1-18(2)29(27-15-20(4)36-40-27)30(38)24-13-19(3)14-25(24)32(39)35-26(16-28(37)33(6,7)8)22-9-11-23(12-10-22)31-21(5)34-17-41-31/h9-12,15,17-19,24-26,29H,13-14,16H2,1-8H3,(H,35,39)/t19-,24?,25+,26-,29+/m0/s1. The van der Waals surface area contributed by atoms with Crippen LogP contribution in [0.1, 0.15) is 95.5 Å². The second-order valence-electron chi connectivity index (χ2n) is 13.1. The van der Waals surface area contributed by atoms with Crippen molar-refractivity contribution >= 4 is 28.8 Å². The van der Waals surface area contributed by atoms with Crippen LogP contribution in [0, 0.1) is 42.9 Å². The van der Waals surface area contributed by atoms with Gasteiger partial charge in [-0.05, 0) is 49.7 Å². The third-order valence-electron chi connectivity index (χ3n) is 8.29. The van der Waals surface area contributed by atoms with Crippen LogP contribution in [0.15, 0.2) is 40.4 Å². The smallest absolute Gasteiger partial charge is 0.224 e. The van der Waals surface area contributed by atoms with Crippen molar-refractivity contribution in [1.29, 1.82) is 0 Å². The highest BCUT2D eigenvalue weighted by Crippen LogP contribution is 2.42. The number of benzene rings is 1. The molecular formula is C33H43N3O4S. The summed E-state index contributed by atoms with van der Waals surface area (Å²) in [5.41, 5.74) is 4.92. The Kier molecular flexibility index (Phi) is 9.32. The lowest BCUT2D eigenvalue weighted by molar-refractivity contribution is -0.135. The number of rotatable bonds is 10. The fourth-order valence-electron chi connectivity index (χ4n) is 5.92. The summed E-state index contributed by atoms with van der Waals surface area (Å²) in [6, 6.07) is 9.34. The SMILES string of the molecule is Cc1cc([C@H](C(=O)C2C[C@H](C)C[C@H]2C(=O)N[C@@H](CC(=O)C(C)(C)C)c2ccc(-c3scnc3C)cc2)C(C)C)on1. The molecule has 0 saturated heterocycles. The Labute approximate surface area is 247 Å². The normalized spacial score (nSPS) is 20.7. The maximum Gasteiger partial charge on any atom is 0.224 e. The van der Waals surface area contributed by atoms with Gasteiger partial charge in [-0.3, -0.25) is 14.4 Å². The van der Waals surface area contributed by atoms with Gasteiger partial charge >= 0.3 is 0 Å². The molecule has 1 fully saturated rings. The molecule has 1 N–H and O–H groups in total. The lowest BCUT2D eigenvalue weighted by Gasteiger charge is -2.27. The Morgan fingerprint density at radius 2 is 1.73 bits per heavy atom. The van der Waals surface area contributed by atoms with Gasteiger partial charge in [-0.1, -0.05) is 71.0 Å². The molecular weight excluding hydrogens is 534 g/mol. The quantitative estimate of drug-likeness (QED) is 0.272. The fraction of sp³-hybridized carbons (Fsp3) is 0.545. The number of ketones is 2. The Morgan fingerprint density at radius 3 is 2.27 bits per heavy atom. The van der Waals surface area contributed by atoms with Crippen molar-refractivity contribution in [3.63, 3.8) is 0 Å². The monoisotopic (exact) mass is 577 g/mol. The zero-order chi connectivity index (χ0) is 30.1. The number of thiazole rings is 1. The van der Waals surface area contributed by atoms with Crippen molar-refractivity contribution in [3.05, 3.63) is 58.6 Å². The van der Waals surface area contributed by atoms with Crippen molar-refractivity contribution in [2.24, 2.45) is 29.1 Å². The van der Waals surface area contributed by atoms with Crippen LogP contribution in [0.25, 0.3) is 10.4 Å². The zero-order valence-electron chi connectivity index (χ0n) is 25.5. The maximum absolute atomic E-state index is 14.0. The van der Waals surface area contributed by atoms with Crippen molar-refractivity contribution in [3.8, 4) is 10.4 Å². The number of amides is 1. The van der Waals surface area contributed by atoms with Crippen LogP contribution in [-0.4, -0.2) is 27.6 Å². The molecule has 1 aliphatic rings.